The lowest BCUT2D eigenvalue weighted by molar-refractivity contribution is 0.489. The number of hydrogen-bond donors (Lipinski definition) is 0. The molecular weight excluding hydrogens is 347 g/mol. The van der Waals surface area contributed by atoms with Crippen molar-refractivity contribution < 1.29 is 4.39 Å². The number of benzene rings is 1. The van der Waals surface area contributed by atoms with E-state index in [1.165, 1.54) is 10.6 Å². The van der Waals surface area contributed by atoms with Crippen molar-refractivity contribution in [2.75, 3.05) is 0 Å². The number of aromatic nitrogens is 4. The topological polar surface area (TPSA) is 61.8 Å². The summed E-state index contributed by atoms with van der Waals surface area (Å²) in [6, 6.07) is 6.19. The van der Waals surface area contributed by atoms with Crippen molar-refractivity contribution in [1.29, 1.82) is 0 Å². The van der Waals surface area contributed by atoms with Crippen LogP contribution in [0, 0.1) is 17.7 Å². The van der Waals surface area contributed by atoms with Crippen LogP contribution < -0.4 is 11.2 Å². The van der Waals surface area contributed by atoms with Crippen molar-refractivity contribution in [1.82, 2.24) is 18.7 Å². The van der Waals surface area contributed by atoms with E-state index in [1.807, 2.05) is 27.7 Å². The third kappa shape index (κ3) is 3.72. The quantitative estimate of drug-likeness (QED) is 0.668. The highest BCUT2D eigenvalue weighted by atomic mass is 19.1. The molecule has 0 aliphatic carbocycles. The molecule has 0 unspecified atom stereocenters. The van der Waals surface area contributed by atoms with Gasteiger partial charge < -0.3 is 4.57 Å². The molecule has 0 fully saturated rings. The Morgan fingerprint density at radius 3 is 2.30 bits per heavy atom. The number of rotatable bonds is 6. The predicted octanol–water partition coefficient (Wildman–Crippen LogP) is 2.86. The summed E-state index contributed by atoms with van der Waals surface area (Å²) in [5, 5.41) is 0. The molecule has 0 spiro atoms. The van der Waals surface area contributed by atoms with Crippen LogP contribution in [0.15, 0.2) is 40.2 Å². The number of fused-ring (bicyclic) bond motifs is 1. The summed E-state index contributed by atoms with van der Waals surface area (Å²) in [6.07, 6.45) is 1.61. The summed E-state index contributed by atoms with van der Waals surface area (Å²) in [4.78, 5) is 30.5. The molecule has 0 aliphatic heterocycles. The molecule has 0 amide bonds. The second kappa shape index (κ2) is 7.50. The van der Waals surface area contributed by atoms with Crippen LogP contribution in [-0.2, 0) is 19.6 Å². The van der Waals surface area contributed by atoms with E-state index >= 15 is 0 Å². The fourth-order valence-corrected chi connectivity index (χ4v) is 3.24. The highest BCUT2D eigenvalue weighted by Crippen LogP contribution is 2.12. The molecule has 6 nitrogen and oxygen atoms in total. The van der Waals surface area contributed by atoms with E-state index in [1.54, 1.807) is 29.1 Å². The summed E-state index contributed by atoms with van der Waals surface area (Å²) in [5.74, 6) is 0.0721. The number of imidazole rings is 1. The molecule has 0 saturated carbocycles. The van der Waals surface area contributed by atoms with Crippen molar-refractivity contribution in [3.8, 4) is 0 Å². The van der Waals surface area contributed by atoms with Gasteiger partial charge in [0.2, 0.25) is 0 Å². The third-order valence-electron chi connectivity index (χ3n) is 4.38. The van der Waals surface area contributed by atoms with Gasteiger partial charge in [-0.15, -0.1) is 0 Å². The molecule has 144 valence electrons. The highest BCUT2D eigenvalue weighted by molar-refractivity contribution is 5.70. The Hall–Kier alpha value is -2.70. The zero-order valence-electron chi connectivity index (χ0n) is 16.1. The zero-order chi connectivity index (χ0) is 19.7. The molecule has 0 atom stereocenters. The molecule has 0 N–H and O–H groups in total. The average molecular weight is 372 g/mol. The second-order valence-corrected chi connectivity index (χ2v) is 7.73. The number of halogens is 1. The standard InChI is InChI=1S/C20H25FN4O2/c1-13(2)9-23-12-22-18-17(23)19(26)25(20(27)24(18)10-14(3)4)11-15-7-5-6-8-16(15)21/h5-8,12-14H,9-11H2,1-4H3. The van der Waals surface area contributed by atoms with E-state index in [0.29, 0.717) is 35.7 Å². The average Bonchev–Trinajstić information content (AvgIpc) is 2.99. The molecule has 0 bridgehead atoms. The van der Waals surface area contributed by atoms with Gasteiger partial charge in [0, 0.05) is 18.7 Å². The minimum absolute atomic E-state index is 0.106. The van der Waals surface area contributed by atoms with Gasteiger partial charge in [-0.3, -0.25) is 13.9 Å². The summed E-state index contributed by atoms with van der Waals surface area (Å²) in [7, 11) is 0. The molecule has 3 rings (SSSR count). The first-order valence-electron chi connectivity index (χ1n) is 9.21. The van der Waals surface area contributed by atoms with Gasteiger partial charge in [-0.1, -0.05) is 45.9 Å². The van der Waals surface area contributed by atoms with Crippen LogP contribution in [-0.4, -0.2) is 18.7 Å². The van der Waals surface area contributed by atoms with Gasteiger partial charge in [0.25, 0.3) is 5.56 Å². The smallest absolute Gasteiger partial charge is 0.324 e. The van der Waals surface area contributed by atoms with Crippen molar-refractivity contribution in [3.63, 3.8) is 0 Å². The first kappa shape index (κ1) is 19.1. The van der Waals surface area contributed by atoms with Crippen LogP contribution in [0.25, 0.3) is 11.2 Å². The molecule has 0 aliphatic rings. The van der Waals surface area contributed by atoms with Gasteiger partial charge in [0.1, 0.15) is 5.82 Å². The van der Waals surface area contributed by atoms with Crippen molar-refractivity contribution >= 4 is 11.2 Å². The van der Waals surface area contributed by atoms with Gasteiger partial charge in [-0.2, -0.15) is 0 Å². The molecular formula is C20H25FN4O2. The summed E-state index contributed by atoms with van der Waals surface area (Å²) in [5.41, 5.74) is 0.196. The molecule has 0 saturated heterocycles. The van der Waals surface area contributed by atoms with Gasteiger partial charge in [-0.05, 0) is 17.9 Å². The van der Waals surface area contributed by atoms with Crippen molar-refractivity contribution in [2.45, 2.75) is 47.3 Å². The van der Waals surface area contributed by atoms with Crippen LogP contribution in [0.1, 0.15) is 33.3 Å². The summed E-state index contributed by atoms with van der Waals surface area (Å²) >= 11 is 0. The summed E-state index contributed by atoms with van der Waals surface area (Å²) < 4.78 is 18.5. The minimum atomic E-state index is -0.459. The van der Waals surface area contributed by atoms with E-state index in [-0.39, 0.29) is 12.5 Å². The molecule has 2 heterocycles. The zero-order valence-corrected chi connectivity index (χ0v) is 16.1. The van der Waals surface area contributed by atoms with Crippen LogP contribution >= 0.6 is 0 Å². The molecule has 3 aromatic rings. The molecule has 27 heavy (non-hydrogen) atoms. The Morgan fingerprint density at radius 1 is 1.00 bits per heavy atom. The Bertz CT molecular complexity index is 1080. The van der Waals surface area contributed by atoms with Gasteiger partial charge in [0.05, 0.1) is 12.9 Å². The highest BCUT2D eigenvalue weighted by Gasteiger charge is 2.19. The van der Waals surface area contributed by atoms with Crippen LogP contribution in [0.3, 0.4) is 0 Å². The molecule has 2 aromatic heterocycles. The van der Waals surface area contributed by atoms with E-state index in [0.717, 1.165) is 4.57 Å². The van der Waals surface area contributed by atoms with E-state index < -0.39 is 17.1 Å². The van der Waals surface area contributed by atoms with Crippen molar-refractivity contribution in [2.24, 2.45) is 11.8 Å². The Balaban J connectivity index is 2.27. The normalized spacial score (nSPS) is 11.8. The van der Waals surface area contributed by atoms with Gasteiger partial charge >= 0.3 is 5.69 Å². The molecule has 7 heteroatoms. The number of hydrogen-bond acceptors (Lipinski definition) is 3. The lowest BCUT2D eigenvalue weighted by Gasteiger charge is -2.15. The van der Waals surface area contributed by atoms with E-state index in [4.69, 9.17) is 0 Å². The Kier molecular flexibility index (Phi) is 5.30. The first-order valence-corrected chi connectivity index (χ1v) is 9.21. The Morgan fingerprint density at radius 2 is 1.67 bits per heavy atom. The monoisotopic (exact) mass is 372 g/mol. The molecule has 1 aromatic carbocycles. The fraction of sp³-hybridized carbons (Fsp3) is 0.450. The maximum Gasteiger partial charge on any atom is 0.333 e. The maximum absolute atomic E-state index is 14.1. The maximum atomic E-state index is 14.1. The van der Waals surface area contributed by atoms with Crippen LogP contribution in [0.2, 0.25) is 0 Å². The van der Waals surface area contributed by atoms with E-state index in [2.05, 4.69) is 4.98 Å². The molecule has 0 radical (unpaired) electrons. The second-order valence-electron chi connectivity index (χ2n) is 7.73. The SMILES string of the molecule is CC(C)Cn1cnc2c1c(=O)n(Cc1ccccc1F)c(=O)n2CC(C)C. The van der Waals surface area contributed by atoms with Crippen LogP contribution in [0.4, 0.5) is 4.39 Å². The first-order chi connectivity index (χ1) is 12.8. The lowest BCUT2D eigenvalue weighted by Crippen LogP contribution is -2.41. The largest absolute Gasteiger partial charge is 0.333 e. The minimum Gasteiger partial charge on any atom is -0.324 e. The van der Waals surface area contributed by atoms with Gasteiger partial charge in [-0.25, -0.2) is 14.2 Å². The lowest BCUT2D eigenvalue weighted by atomic mass is 10.2. The van der Waals surface area contributed by atoms with Crippen LogP contribution in [0.5, 0.6) is 0 Å². The fourth-order valence-electron chi connectivity index (χ4n) is 3.24. The van der Waals surface area contributed by atoms with Gasteiger partial charge in [0.15, 0.2) is 11.2 Å². The summed E-state index contributed by atoms with van der Waals surface area (Å²) in [6.45, 7) is 9.04. The third-order valence-corrected chi connectivity index (χ3v) is 4.38. The van der Waals surface area contributed by atoms with E-state index in [9.17, 15) is 14.0 Å². The Labute approximate surface area is 156 Å². The van der Waals surface area contributed by atoms with Crippen molar-refractivity contribution in [3.05, 3.63) is 62.8 Å². The number of nitrogens with zero attached hydrogens (tertiary/aromatic N) is 4. The predicted molar refractivity (Wildman–Crippen MR) is 103 cm³/mol.